The lowest BCUT2D eigenvalue weighted by atomic mass is 10.2. The van der Waals surface area contributed by atoms with Gasteiger partial charge >= 0.3 is 0 Å². The molecular weight excluding hydrogens is 238 g/mol. The van der Waals surface area contributed by atoms with Crippen LogP contribution in [-0.4, -0.2) is 25.8 Å². The highest BCUT2D eigenvalue weighted by molar-refractivity contribution is 5.39. The Morgan fingerprint density at radius 2 is 1.89 bits per heavy atom. The molecule has 1 aromatic carbocycles. The largest absolute Gasteiger partial charge is 0.490 e. The van der Waals surface area contributed by atoms with Gasteiger partial charge in [-0.15, -0.1) is 0 Å². The van der Waals surface area contributed by atoms with Crippen LogP contribution >= 0.6 is 0 Å². The molecule has 106 valence electrons. The standard InChI is InChI=1S/C16H25NO2/c1-3-7-13-12-14(13)17-10-11-19-16-9-6-5-8-15(16)18-4-2/h5-6,8-9,13-14,17H,3-4,7,10-12H2,1-2H3. The molecule has 3 heteroatoms. The summed E-state index contributed by atoms with van der Waals surface area (Å²) < 4.78 is 11.3. The molecule has 1 aliphatic carbocycles. The average molecular weight is 263 g/mol. The molecule has 0 radical (unpaired) electrons. The highest BCUT2D eigenvalue weighted by Gasteiger charge is 2.34. The van der Waals surface area contributed by atoms with E-state index in [9.17, 15) is 0 Å². The minimum Gasteiger partial charge on any atom is -0.490 e. The Balaban J connectivity index is 1.66. The van der Waals surface area contributed by atoms with Crippen LogP contribution in [0, 0.1) is 5.92 Å². The molecule has 0 bridgehead atoms. The van der Waals surface area contributed by atoms with E-state index < -0.39 is 0 Å². The normalized spacial score (nSPS) is 21.2. The lowest BCUT2D eigenvalue weighted by molar-refractivity contribution is 0.275. The van der Waals surface area contributed by atoms with Crippen LogP contribution in [0.4, 0.5) is 0 Å². The maximum absolute atomic E-state index is 5.78. The van der Waals surface area contributed by atoms with Crippen LogP contribution in [-0.2, 0) is 0 Å². The molecule has 0 amide bonds. The van der Waals surface area contributed by atoms with Crippen molar-refractivity contribution in [1.29, 1.82) is 0 Å². The zero-order valence-electron chi connectivity index (χ0n) is 12.0. The summed E-state index contributed by atoms with van der Waals surface area (Å²) in [6.07, 6.45) is 3.98. The predicted octanol–water partition coefficient (Wildman–Crippen LogP) is 3.24. The van der Waals surface area contributed by atoms with Crippen LogP contribution in [0.1, 0.15) is 33.1 Å². The van der Waals surface area contributed by atoms with Crippen molar-refractivity contribution >= 4 is 0 Å². The van der Waals surface area contributed by atoms with Crippen LogP contribution < -0.4 is 14.8 Å². The van der Waals surface area contributed by atoms with E-state index in [1.54, 1.807) is 0 Å². The van der Waals surface area contributed by atoms with Crippen LogP contribution in [0.3, 0.4) is 0 Å². The quantitative estimate of drug-likeness (QED) is 0.694. The molecule has 0 saturated heterocycles. The molecule has 0 aliphatic heterocycles. The molecule has 0 heterocycles. The molecule has 3 nitrogen and oxygen atoms in total. The van der Waals surface area contributed by atoms with E-state index in [0.29, 0.717) is 13.2 Å². The number of para-hydroxylation sites is 2. The van der Waals surface area contributed by atoms with Crippen molar-refractivity contribution in [2.24, 2.45) is 5.92 Å². The molecule has 0 aromatic heterocycles. The number of rotatable bonds is 9. The van der Waals surface area contributed by atoms with Crippen molar-refractivity contribution in [3.63, 3.8) is 0 Å². The predicted molar refractivity (Wildman–Crippen MR) is 77.9 cm³/mol. The van der Waals surface area contributed by atoms with Gasteiger partial charge in [-0.25, -0.2) is 0 Å². The lowest BCUT2D eigenvalue weighted by Gasteiger charge is -2.11. The zero-order valence-corrected chi connectivity index (χ0v) is 12.0. The molecule has 1 aromatic rings. The highest BCUT2D eigenvalue weighted by Crippen LogP contribution is 2.34. The smallest absolute Gasteiger partial charge is 0.161 e. The van der Waals surface area contributed by atoms with E-state index in [-0.39, 0.29) is 0 Å². The summed E-state index contributed by atoms with van der Waals surface area (Å²) in [4.78, 5) is 0. The van der Waals surface area contributed by atoms with Gasteiger partial charge in [0.2, 0.25) is 0 Å². The van der Waals surface area contributed by atoms with Crippen molar-refractivity contribution in [3.8, 4) is 11.5 Å². The van der Waals surface area contributed by atoms with Crippen molar-refractivity contribution in [3.05, 3.63) is 24.3 Å². The van der Waals surface area contributed by atoms with E-state index in [1.807, 2.05) is 31.2 Å². The van der Waals surface area contributed by atoms with Crippen LogP contribution in [0.2, 0.25) is 0 Å². The maximum atomic E-state index is 5.78. The monoisotopic (exact) mass is 263 g/mol. The van der Waals surface area contributed by atoms with Crippen molar-refractivity contribution in [2.45, 2.75) is 39.2 Å². The molecule has 1 aliphatic rings. The van der Waals surface area contributed by atoms with Gasteiger partial charge in [0, 0.05) is 12.6 Å². The molecule has 19 heavy (non-hydrogen) atoms. The Morgan fingerprint density at radius 3 is 2.58 bits per heavy atom. The number of ether oxygens (including phenoxy) is 2. The summed E-state index contributed by atoms with van der Waals surface area (Å²) in [5.41, 5.74) is 0. The first-order chi connectivity index (χ1) is 9.35. The summed E-state index contributed by atoms with van der Waals surface area (Å²) >= 11 is 0. The van der Waals surface area contributed by atoms with Gasteiger partial charge in [0.05, 0.1) is 6.61 Å². The Morgan fingerprint density at radius 1 is 1.16 bits per heavy atom. The van der Waals surface area contributed by atoms with Crippen molar-refractivity contribution < 1.29 is 9.47 Å². The second-order valence-electron chi connectivity index (χ2n) is 5.07. The summed E-state index contributed by atoms with van der Waals surface area (Å²) in [6.45, 7) is 6.51. The average Bonchev–Trinajstić information content (AvgIpc) is 3.16. The Kier molecular flexibility index (Phi) is 5.52. The fourth-order valence-electron chi connectivity index (χ4n) is 2.44. The SMILES string of the molecule is CCCC1CC1NCCOc1ccccc1OCC. The summed E-state index contributed by atoms with van der Waals surface area (Å²) in [7, 11) is 0. The number of hydrogen-bond donors (Lipinski definition) is 1. The molecule has 1 saturated carbocycles. The van der Waals surface area contributed by atoms with Crippen LogP contribution in [0.5, 0.6) is 11.5 Å². The van der Waals surface area contributed by atoms with E-state index in [2.05, 4.69) is 12.2 Å². The minimum atomic E-state index is 0.666. The topological polar surface area (TPSA) is 30.5 Å². The van der Waals surface area contributed by atoms with Gasteiger partial charge in [-0.05, 0) is 37.8 Å². The first-order valence-electron chi connectivity index (χ1n) is 7.43. The van der Waals surface area contributed by atoms with Gasteiger partial charge in [-0.1, -0.05) is 25.5 Å². The highest BCUT2D eigenvalue weighted by atomic mass is 16.5. The third kappa shape index (κ3) is 4.43. The van der Waals surface area contributed by atoms with Crippen molar-refractivity contribution in [2.75, 3.05) is 19.8 Å². The Labute approximate surface area is 116 Å². The van der Waals surface area contributed by atoms with Gasteiger partial charge in [0.15, 0.2) is 11.5 Å². The fraction of sp³-hybridized carbons (Fsp3) is 0.625. The van der Waals surface area contributed by atoms with Gasteiger partial charge in [0.25, 0.3) is 0 Å². The third-order valence-electron chi connectivity index (χ3n) is 3.50. The Hall–Kier alpha value is -1.22. The molecular formula is C16H25NO2. The minimum absolute atomic E-state index is 0.666. The first-order valence-corrected chi connectivity index (χ1v) is 7.43. The fourth-order valence-corrected chi connectivity index (χ4v) is 2.44. The molecule has 1 N–H and O–H groups in total. The van der Waals surface area contributed by atoms with Crippen molar-refractivity contribution in [1.82, 2.24) is 5.32 Å². The third-order valence-corrected chi connectivity index (χ3v) is 3.50. The van der Waals surface area contributed by atoms with Gasteiger partial charge in [-0.3, -0.25) is 0 Å². The van der Waals surface area contributed by atoms with Gasteiger partial charge < -0.3 is 14.8 Å². The molecule has 2 atom stereocenters. The van der Waals surface area contributed by atoms with Gasteiger partial charge in [-0.2, -0.15) is 0 Å². The van der Waals surface area contributed by atoms with Crippen LogP contribution in [0.15, 0.2) is 24.3 Å². The lowest BCUT2D eigenvalue weighted by Crippen LogP contribution is -2.24. The van der Waals surface area contributed by atoms with E-state index in [4.69, 9.17) is 9.47 Å². The van der Waals surface area contributed by atoms with Crippen LogP contribution in [0.25, 0.3) is 0 Å². The number of nitrogens with one attached hydrogen (secondary N) is 1. The Bertz CT molecular complexity index is 381. The van der Waals surface area contributed by atoms with Gasteiger partial charge in [0.1, 0.15) is 6.61 Å². The summed E-state index contributed by atoms with van der Waals surface area (Å²) in [5, 5.41) is 3.55. The zero-order chi connectivity index (χ0) is 13.5. The summed E-state index contributed by atoms with van der Waals surface area (Å²) in [6, 6.07) is 8.58. The second-order valence-corrected chi connectivity index (χ2v) is 5.07. The second kappa shape index (κ2) is 7.39. The van der Waals surface area contributed by atoms with E-state index in [1.165, 1.54) is 19.3 Å². The summed E-state index contributed by atoms with van der Waals surface area (Å²) in [5.74, 6) is 2.58. The van der Waals surface area contributed by atoms with E-state index >= 15 is 0 Å². The van der Waals surface area contributed by atoms with E-state index in [0.717, 1.165) is 30.0 Å². The maximum Gasteiger partial charge on any atom is 0.161 e. The molecule has 1 fully saturated rings. The number of benzene rings is 1. The number of hydrogen-bond acceptors (Lipinski definition) is 3. The molecule has 0 spiro atoms. The molecule has 2 unspecified atom stereocenters. The molecule has 2 rings (SSSR count). The first kappa shape index (κ1) is 14.2.